The highest BCUT2D eigenvalue weighted by atomic mass is 32.1. The molecule has 4 rings (SSSR count). The fourth-order valence-electron chi connectivity index (χ4n) is 3.74. The van der Waals surface area contributed by atoms with Gasteiger partial charge < -0.3 is 15.0 Å². The third-order valence-electron chi connectivity index (χ3n) is 4.99. The van der Waals surface area contributed by atoms with E-state index in [1.807, 2.05) is 6.07 Å². The molecule has 1 aliphatic heterocycles. The Kier molecular flexibility index (Phi) is 4.81. The summed E-state index contributed by atoms with van der Waals surface area (Å²) in [6.45, 7) is 3.25. The van der Waals surface area contributed by atoms with Crippen molar-refractivity contribution in [3.8, 4) is 5.75 Å². The van der Waals surface area contributed by atoms with Crippen molar-refractivity contribution in [2.75, 3.05) is 32.1 Å². The molecule has 0 saturated carbocycles. The number of aromatic nitrogens is 2. The molecule has 0 unspecified atom stereocenters. The second-order valence-corrected chi connectivity index (χ2v) is 7.30. The van der Waals surface area contributed by atoms with Gasteiger partial charge in [-0.1, -0.05) is 12.1 Å². The number of hydrogen-bond acceptors (Lipinski definition) is 5. The number of nitrogens with one attached hydrogen (secondary N) is 2. The summed E-state index contributed by atoms with van der Waals surface area (Å²) in [6, 6.07) is 10.8. The van der Waals surface area contributed by atoms with Gasteiger partial charge in [0.05, 0.1) is 37.7 Å². The van der Waals surface area contributed by atoms with Crippen molar-refractivity contribution in [3.63, 3.8) is 0 Å². The fraction of sp³-hybridized carbons (Fsp3) is 0.368. The van der Waals surface area contributed by atoms with Gasteiger partial charge in [0, 0.05) is 12.8 Å². The van der Waals surface area contributed by atoms with Crippen LogP contribution in [-0.2, 0) is 0 Å². The van der Waals surface area contributed by atoms with E-state index in [2.05, 4.69) is 44.9 Å². The number of methoxy groups -OCH3 is 1. The molecule has 0 spiro atoms. The van der Waals surface area contributed by atoms with Gasteiger partial charge in [-0.3, -0.25) is 0 Å². The van der Waals surface area contributed by atoms with Crippen molar-refractivity contribution in [2.24, 2.45) is 0 Å². The summed E-state index contributed by atoms with van der Waals surface area (Å²) in [5, 5.41) is 6.74. The van der Waals surface area contributed by atoms with Gasteiger partial charge in [0.15, 0.2) is 0 Å². The first-order valence-corrected chi connectivity index (χ1v) is 9.64. The van der Waals surface area contributed by atoms with Gasteiger partial charge in [0.25, 0.3) is 0 Å². The molecule has 0 aliphatic carbocycles. The molecule has 1 fully saturated rings. The van der Waals surface area contributed by atoms with Crippen LogP contribution in [0.25, 0.3) is 10.2 Å². The molecule has 3 aromatic rings. The predicted octanol–water partition coefficient (Wildman–Crippen LogP) is 2.53. The Morgan fingerprint density at radius 3 is 2.88 bits per heavy atom. The van der Waals surface area contributed by atoms with Crippen molar-refractivity contribution in [2.45, 2.75) is 18.9 Å². The second kappa shape index (κ2) is 7.37. The van der Waals surface area contributed by atoms with Gasteiger partial charge >= 0.3 is 0 Å². The standard InChI is InChI=1S/C19H22N4OS/c1-24-17-7-3-2-6-14(17)16(23-9-4-5-10-23)12-20-18-15-8-11-25-19(15)22-13-21-18/h2-3,6-8,11,13,16H,4-5,9-10,12H2,1H3,(H,20,21,22)/p+1/t16-/m0/s1. The zero-order chi connectivity index (χ0) is 17.1. The van der Waals surface area contributed by atoms with E-state index in [9.17, 15) is 0 Å². The fourth-order valence-corrected chi connectivity index (χ4v) is 4.47. The van der Waals surface area contributed by atoms with Gasteiger partial charge in [-0.2, -0.15) is 0 Å². The first-order valence-electron chi connectivity index (χ1n) is 8.76. The molecule has 5 nitrogen and oxygen atoms in total. The van der Waals surface area contributed by atoms with E-state index in [4.69, 9.17) is 4.74 Å². The molecule has 0 bridgehead atoms. The Bertz CT molecular complexity index is 844. The predicted molar refractivity (Wildman–Crippen MR) is 102 cm³/mol. The van der Waals surface area contributed by atoms with Crippen molar-refractivity contribution < 1.29 is 9.64 Å². The van der Waals surface area contributed by atoms with E-state index in [0.29, 0.717) is 6.04 Å². The largest absolute Gasteiger partial charge is 0.496 e. The molecular weight excluding hydrogens is 332 g/mol. The number of rotatable bonds is 6. The monoisotopic (exact) mass is 355 g/mol. The summed E-state index contributed by atoms with van der Waals surface area (Å²) in [5.74, 6) is 1.89. The number of hydrogen-bond donors (Lipinski definition) is 2. The highest BCUT2D eigenvalue weighted by molar-refractivity contribution is 7.16. The second-order valence-electron chi connectivity index (χ2n) is 6.40. The molecule has 3 heterocycles. The lowest BCUT2D eigenvalue weighted by atomic mass is 10.0. The minimum atomic E-state index is 0.349. The maximum absolute atomic E-state index is 5.63. The topological polar surface area (TPSA) is 51.5 Å². The third-order valence-corrected chi connectivity index (χ3v) is 5.81. The lowest BCUT2D eigenvalue weighted by molar-refractivity contribution is -0.917. The number of fused-ring (bicyclic) bond motifs is 1. The van der Waals surface area contributed by atoms with Crippen LogP contribution in [0.15, 0.2) is 42.0 Å². The normalized spacial score (nSPS) is 16.2. The molecule has 2 N–H and O–H groups in total. The van der Waals surface area contributed by atoms with Crippen LogP contribution in [0, 0.1) is 0 Å². The Morgan fingerprint density at radius 1 is 1.20 bits per heavy atom. The van der Waals surface area contributed by atoms with E-state index in [0.717, 1.165) is 28.3 Å². The molecule has 1 aliphatic rings. The summed E-state index contributed by atoms with van der Waals surface area (Å²) >= 11 is 1.65. The van der Waals surface area contributed by atoms with Crippen LogP contribution in [0.1, 0.15) is 24.4 Å². The Morgan fingerprint density at radius 2 is 2.04 bits per heavy atom. The Balaban J connectivity index is 1.61. The summed E-state index contributed by atoms with van der Waals surface area (Å²) < 4.78 is 5.63. The zero-order valence-corrected chi connectivity index (χ0v) is 15.2. The molecule has 25 heavy (non-hydrogen) atoms. The van der Waals surface area contributed by atoms with Crippen molar-refractivity contribution in [1.29, 1.82) is 0 Å². The van der Waals surface area contributed by atoms with E-state index in [1.165, 1.54) is 31.5 Å². The molecule has 6 heteroatoms. The van der Waals surface area contributed by atoms with E-state index < -0.39 is 0 Å². The van der Waals surface area contributed by atoms with Crippen LogP contribution < -0.4 is 15.0 Å². The number of likely N-dealkylation sites (tertiary alicyclic amines) is 1. The van der Waals surface area contributed by atoms with Crippen molar-refractivity contribution in [3.05, 3.63) is 47.6 Å². The molecule has 2 aromatic heterocycles. The lowest BCUT2D eigenvalue weighted by Gasteiger charge is -2.26. The van der Waals surface area contributed by atoms with E-state index >= 15 is 0 Å². The van der Waals surface area contributed by atoms with Gasteiger partial charge in [-0.25, -0.2) is 9.97 Å². The summed E-state index contributed by atoms with van der Waals surface area (Å²) in [4.78, 5) is 11.4. The summed E-state index contributed by atoms with van der Waals surface area (Å²) in [7, 11) is 1.75. The van der Waals surface area contributed by atoms with Gasteiger partial charge in [0.2, 0.25) is 0 Å². The maximum atomic E-state index is 5.63. The van der Waals surface area contributed by atoms with Crippen molar-refractivity contribution >= 4 is 27.4 Å². The molecule has 1 aromatic carbocycles. The minimum absolute atomic E-state index is 0.349. The lowest BCUT2D eigenvalue weighted by Crippen LogP contribution is -3.11. The Labute approximate surface area is 151 Å². The minimum Gasteiger partial charge on any atom is -0.496 e. The third kappa shape index (κ3) is 3.32. The average Bonchev–Trinajstić information content (AvgIpc) is 3.34. The van der Waals surface area contributed by atoms with E-state index in [-0.39, 0.29) is 0 Å². The molecule has 0 amide bonds. The average molecular weight is 355 g/mol. The number of ether oxygens (including phenoxy) is 1. The highest BCUT2D eigenvalue weighted by Gasteiger charge is 2.29. The number of para-hydroxylation sites is 1. The van der Waals surface area contributed by atoms with Gasteiger partial charge in [-0.15, -0.1) is 11.3 Å². The molecule has 130 valence electrons. The number of benzene rings is 1. The van der Waals surface area contributed by atoms with Crippen LogP contribution >= 0.6 is 11.3 Å². The van der Waals surface area contributed by atoms with Crippen LogP contribution in [-0.4, -0.2) is 36.7 Å². The van der Waals surface area contributed by atoms with Crippen molar-refractivity contribution in [1.82, 2.24) is 9.97 Å². The number of nitrogens with zero attached hydrogens (tertiary/aromatic N) is 2. The molecule has 0 radical (unpaired) electrons. The summed E-state index contributed by atoms with van der Waals surface area (Å²) in [6.07, 6.45) is 4.23. The highest BCUT2D eigenvalue weighted by Crippen LogP contribution is 2.26. The first-order chi connectivity index (χ1) is 12.4. The molecule has 1 atom stereocenters. The maximum Gasteiger partial charge on any atom is 0.138 e. The number of quaternary nitrogens is 1. The SMILES string of the molecule is COc1ccccc1[C@H](CNc1ncnc2sccc12)[NH+]1CCCC1. The van der Waals surface area contributed by atoms with Gasteiger partial charge in [0.1, 0.15) is 28.8 Å². The van der Waals surface area contributed by atoms with Gasteiger partial charge in [-0.05, 0) is 23.6 Å². The van der Waals surface area contributed by atoms with Crippen LogP contribution in [0.5, 0.6) is 5.75 Å². The van der Waals surface area contributed by atoms with E-state index in [1.54, 1.807) is 29.7 Å². The summed E-state index contributed by atoms with van der Waals surface area (Å²) in [5.41, 5.74) is 1.27. The molecule has 1 saturated heterocycles. The Hall–Kier alpha value is -2.18. The first kappa shape index (κ1) is 16.3. The zero-order valence-electron chi connectivity index (χ0n) is 14.4. The van der Waals surface area contributed by atoms with Crippen LogP contribution in [0.3, 0.4) is 0 Å². The smallest absolute Gasteiger partial charge is 0.138 e. The molecular formula is C19H23N4OS+. The quantitative estimate of drug-likeness (QED) is 0.713. The van der Waals surface area contributed by atoms with Crippen LogP contribution in [0.2, 0.25) is 0 Å². The number of thiophene rings is 1. The number of anilines is 1. The van der Waals surface area contributed by atoms with Crippen LogP contribution in [0.4, 0.5) is 5.82 Å².